The molecular weight excluding hydrogens is 340 g/mol. The minimum Gasteiger partial charge on any atom is -0.350 e. The third-order valence-corrected chi connectivity index (χ3v) is 5.73. The Hall–Kier alpha value is -2.15. The molecule has 3 heterocycles. The van der Waals surface area contributed by atoms with Crippen molar-refractivity contribution in [3.63, 3.8) is 0 Å². The van der Waals surface area contributed by atoms with Crippen LogP contribution < -0.4 is 5.32 Å². The largest absolute Gasteiger partial charge is 0.350 e. The molecule has 2 aromatic heterocycles. The molecule has 0 spiro atoms. The van der Waals surface area contributed by atoms with Gasteiger partial charge in [-0.25, -0.2) is 4.98 Å². The van der Waals surface area contributed by atoms with Crippen molar-refractivity contribution < 1.29 is 4.79 Å². The Morgan fingerprint density at radius 1 is 1.30 bits per heavy atom. The van der Waals surface area contributed by atoms with E-state index in [4.69, 9.17) is 5.10 Å². The highest BCUT2D eigenvalue weighted by Crippen LogP contribution is 2.26. The second-order valence-electron chi connectivity index (χ2n) is 8.10. The minimum absolute atomic E-state index is 0.187. The van der Waals surface area contributed by atoms with Crippen LogP contribution in [0.1, 0.15) is 62.8 Å². The lowest BCUT2D eigenvalue weighted by Gasteiger charge is -2.23. The van der Waals surface area contributed by atoms with E-state index in [1.807, 2.05) is 6.20 Å². The molecular formula is C20H30N6O. The molecule has 146 valence electrons. The van der Waals surface area contributed by atoms with Gasteiger partial charge in [0.2, 0.25) is 5.91 Å². The predicted octanol–water partition coefficient (Wildman–Crippen LogP) is 2.48. The third kappa shape index (κ3) is 4.08. The molecule has 2 aliphatic rings. The Bertz CT molecular complexity index is 788. The molecule has 1 saturated carbocycles. The molecule has 1 amide bonds. The second kappa shape index (κ2) is 7.84. The van der Waals surface area contributed by atoms with E-state index in [1.54, 1.807) is 0 Å². The van der Waals surface area contributed by atoms with Crippen LogP contribution in [0.5, 0.6) is 0 Å². The maximum absolute atomic E-state index is 12.1. The number of hydrogen-bond donors (Lipinski definition) is 1. The molecule has 7 nitrogen and oxygen atoms in total. The van der Waals surface area contributed by atoms with Crippen molar-refractivity contribution in [2.24, 2.45) is 5.92 Å². The summed E-state index contributed by atoms with van der Waals surface area (Å²) in [7, 11) is 0. The van der Waals surface area contributed by atoms with Crippen molar-refractivity contribution in [1.29, 1.82) is 0 Å². The van der Waals surface area contributed by atoms with Gasteiger partial charge in [0.1, 0.15) is 5.82 Å². The van der Waals surface area contributed by atoms with E-state index in [-0.39, 0.29) is 11.8 Å². The van der Waals surface area contributed by atoms with Gasteiger partial charge in [0, 0.05) is 44.0 Å². The standard InChI is InChI=1S/C20H30N6O/c1-15(2)25-10-7-21-19(25)14-24-8-4-9-26-18(13-24)11-17(23-26)12-22-20(27)16-5-3-6-16/h7,10-11,15-16H,3-6,8-9,12-14H2,1-2H3,(H,22,27). The molecule has 2 aromatic rings. The Labute approximate surface area is 160 Å². The highest BCUT2D eigenvalue weighted by atomic mass is 16.1. The van der Waals surface area contributed by atoms with E-state index < -0.39 is 0 Å². The first-order valence-corrected chi connectivity index (χ1v) is 10.2. The van der Waals surface area contributed by atoms with Gasteiger partial charge in [-0.1, -0.05) is 6.42 Å². The smallest absolute Gasteiger partial charge is 0.223 e. The number of nitrogens with zero attached hydrogens (tertiary/aromatic N) is 5. The van der Waals surface area contributed by atoms with Crippen LogP contribution >= 0.6 is 0 Å². The first kappa shape index (κ1) is 18.2. The molecule has 1 N–H and O–H groups in total. The summed E-state index contributed by atoms with van der Waals surface area (Å²) in [5, 5.41) is 7.77. The van der Waals surface area contributed by atoms with Crippen molar-refractivity contribution in [1.82, 2.24) is 29.5 Å². The number of aryl methyl sites for hydroxylation is 1. The quantitative estimate of drug-likeness (QED) is 0.848. The van der Waals surface area contributed by atoms with Crippen LogP contribution in [0.15, 0.2) is 18.5 Å². The summed E-state index contributed by atoms with van der Waals surface area (Å²) in [6, 6.07) is 2.57. The van der Waals surface area contributed by atoms with Crippen molar-refractivity contribution in [3.8, 4) is 0 Å². The van der Waals surface area contributed by atoms with Crippen molar-refractivity contribution in [2.75, 3.05) is 6.54 Å². The first-order chi connectivity index (χ1) is 13.1. The molecule has 27 heavy (non-hydrogen) atoms. The van der Waals surface area contributed by atoms with E-state index >= 15 is 0 Å². The van der Waals surface area contributed by atoms with Gasteiger partial charge in [-0.2, -0.15) is 5.10 Å². The lowest BCUT2D eigenvalue weighted by atomic mass is 9.85. The molecule has 1 aliphatic heterocycles. The van der Waals surface area contributed by atoms with Crippen molar-refractivity contribution in [2.45, 2.75) is 71.8 Å². The Morgan fingerprint density at radius 3 is 2.89 bits per heavy atom. The van der Waals surface area contributed by atoms with Gasteiger partial charge in [0.05, 0.1) is 24.5 Å². The fraction of sp³-hybridized carbons (Fsp3) is 0.650. The number of rotatable bonds is 6. The summed E-state index contributed by atoms with van der Waals surface area (Å²) >= 11 is 0. The molecule has 0 radical (unpaired) electrons. The van der Waals surface area contributed by atoms with Crippen LogP contribution in [-0.2, 0) is 31.0 Å². The lowest BCUT2D eigenvalue weighted by molar-refractivity contribution is -0.127. The van der Waals surface area contributed by atoms with Crippen LogP contribution in [-0.4, -0.2) is 36.7 Å². The third-order valence-electron chi connectivity index (χ3n) is 5.73. The normalized spacial score (nSPS) is 18.2. The second-order valence-corrected chi connectivity index (χ2v) is 8.10. The van der Waals surface area contributed by atoms with Crippen LogP contribution in [0, 0.1) is 5.92 Å². The number of nitrogens with one attached hydrogen (secondary N) is 1. The monoisotopic (exact) mass is 370 g/mol. The summed E-state index contributed by atoms with van der Waals surface area (Å²) in [6.07, 6.45) is 8.27. The van der Waals surface area contributed by atoms with Gasteiger partial charge in [0.25, 0.3) is 0 Å². The molecule has 4 rings (SSSR count). The van der Waals surface area contributed by atoms with Crippen LogP contribution in [0.4, 0.5) is 0 Å². The van der Waals surface area contributed by atoms with E-state index in [2.05, 4.69) is 50.6 Å². The summed E-state index contributed by atoms with van der Waals surface area (Å²) in [4.78, 5) is 19.0. The number of carbonyl (C=O) groups is 1. The number of aromatic nitrogens is 4. The maximum Gasteiger partial charge on any atom is 0.223 e. The highest BCUT2D eigenvalue weighted by Gasteiger charge is 2.25. The molecule has 0 aromatic carbocycles. The number of amides is 1. The topological polar surface area (TPSA) is 68.0 Å². The Morgan fingerprint density at radius 2 is 2.15 bits per heavy atom. The van der Waals surface area contributed by atoms with Gasteiger partial charge in [-0.05, 0) is 39.2 Å². The number of carbonyl (C=O) groups excluding carboxylic acids is 1. The van der Waals surface area contributed by atoms with E-state index in [1.165, 1.54) is 12.1 Å². The molecule has 0 unspecified atom stereocenters. The average molecular weight is 371 g/mol. The summed E-state index contributed by atoms with van der Waals surface area (Å²) in [6.45, 7) is 8.61. The number of hydrogen-bond acceptors (Lipinski definition) is 4. The summed E-state index contributed by atoms with van der Waals surface area (Å²) in [5.74, 6) is 1.53. The van der Waals surface area contributed by atoms with E-state index in [0.717, 1.165) is 57.0 Å². The Balaban J connectivity index is 1.39. The van der Waals surface area contributed by atoms with E-state index in [0.29, 0.717) is 12.6 Å². The van der Waals surface area contributed by atoms with Gasteiger partial charge in [-0.3, -0.25) is 14.4 Å². The minimum atomic E-state index is 0.187. The summed E-state index contributed by atoms with van der Waals surface area (Å²) in [5.41, 5.74) is 2.19. The Kier molecular flexibility index (Phi) is 5.29. The summed E-state index contributed by atoms with van der Waals surface area (Å²) < 4.78 is 4.35. The molecule has 7 heteroatoms. The van der Waals surface area contributed by atoms with E-state index in [9.17, 15) is 4.79 Å². The van der Waals surface area contributed by atoms with Crippen molar-refractivity contribution >= 4 is 5.91 Å². The maximum atomic E-state index is 12.1. The van der Waals surface area contributed by atoms with Crippen LogP contribution in [0.3, 0.4) is 0 Å². The fourth-order valence-corrected chi connectivity index (χ4v) is 3.94. The van der Waals surface area contributed by atoms with Gasteiger partial charge < -0.3 is 9.88 Å². The zero-order chi connectivity index (χ0) is 18.8. The highest BCUT2D eigenvalue weighted by molar-refractivity contribution is 5.79. The van der Waals surface area contributed by atoms with Crippen LogP contribution in [0.25, 0.3) is 0 Å². The number of imidazole rings is 1. The zero-order valence-corrected chi connectivity index (χ0v) is 16.4. The molecule has 0 saturated heterocycles. The number of fused-ring (bicyclic) bond motifs is 1. The fourth-order valence-electron chi connectivity index (χ4n) is 3.94. The SMILES string of the molecule is CC(C)n1ccnc1CN1CCCn2nc(CNC(=O)C3CCC3)cc2C1. The zero-order valence-electron chi connectivity index (χ0n) is 16.4. The lowest BCUT2D eigenvalue weighted by Crippen LogP contribution is -2.34. The molecule has 1 aliphatic carbocycles. The van der Waals surface area contributed by atoms with Gasteiger partial charge in [0.15, 0.2) is 0 Å². The molecule has 1 fully saturated rings. The molecule has 0 atom stereocenters. The van der Waals surface area contributed by atoms with Crippen molar-refractivity contribution in [3.05, 3.63) is 35.7 Å². The average Bonchev–Trinajstić information content (AvgIpc) is 3.14. The first-order valence-electron chi connectivity index (χ1n) is 10.2. The molecule has 0 bridgehead atoms. The van der Waals surface area contributed by atoms with Gasteiger partial charge >= 0.3 is 0 Å². The predicted molar refractivity (Wildman–Crippen MR) is 103 cm³/mol. The van der Waals surface area contributed by atoms with Crippen LogP contribution in [0.2, 0.25) is 0 Å². The van der Waals surface area contributed by atoms with Gasteiger partial charge in [-0.15, -0.1) is 0 Å².